The summed E-state index contributed by atoms with van der Waals surface area (Å²) in [4.78, 5) is 12.1. The maximum Gasteiger partial charge on any atom is 0.133 e. The zero-order valence-corrected chi connectivity index (χ0v) is 20.8. The molecule has 0 N–H and O–H groups in total. The minimum atomic E-state index is 0.267. The van der Waals surface area contributed by atoms with Gasteiger partial charge in [0.2, 0.25) is 0 Å². The van der Waals surface area contributed by atoms with E-state index in [2.05, 4.69) is 40.7 Å². The van der Waals surface area contributed by atoms with E-state index in [0.717, 1.165) is 36.0 Å². The Morgan fingerprint density at radius 2 is 1.80 bits per heavy atom. The monoisotopic (exact) mass is 412 g/mol. The molecule has 0 radical (unpaired) electrons. The first-order valence-corrected chi connectivity index (χ1v) is 13.4. The third kappa shape index (κ3) is 3.65. The van der Waals surface area contributed by atoms with Gasteiger partial charge in [-0.1, -0.05) is 46.3 Å². The molecule has 0 spiro atoms. The fourth-order valence-corrected chi connectivity index (χ4v) is 9.38. The molecule has 3 fully saturated rings. The van der Waals surface area contributed by atoms with Gasteiger partial charge in [-0.25, -0.2) is 0 Å². The molecule has 0 aromatic carbocycles. The number of hydrogen-bond donors (Lipinski definition) is 0. The molecule has 1 nitrogen and oxygen atoms in total. The molecule has 3 saturated carbocycles. The molecule has 0 aromatic heterocycles. The minimum absolute atomic E-state index is 0.267. The summed E-state index contributed by atoms with van der Waals surface area (Å²) in [7, 11) is 0. The third-order valence-corrected chi connectivity index (χ3v) is 11.0. The number of rotatable bonds is 6. The molecular formula is C29H48O. The normalized spacial score (nSPS) is 42.7. The number of fused-ring (bicyclic) bond motifs is 5. The summed E-state index contributed by atoms with van der Waals surface area (Å²) >= 11 is 0. The van der Waals surface area contributed by atoms with Gasteiger partial charge in [0.05, 0.1) is 0 Å². The number of Topliss-reactive ketones (excluding diaryl/α,β-unsaturated/α-hetero) is 1. The Hall–Kier alpha value is -0.590. The summed E-state index contributed by atoms with van der Waals surface area (Å²) in [5.74, 6) is 5.68. The van der Waals surface area contributed by atoms with Crippen LogP contribution in [0.3, 0.4) is 0 Å². The highest BCUT2D eigenvalue weighted by Gasteiger charge is 2.59. The van der Waals surface area contributed by atoms with Gasteiger partial charge in [0.25, 0.3) is 0 Å². The summed E-state index contributed by atoms with van der Waals surface area (Å²) in [5, 5.41) is 0. The van der Waals surface area contributed by atoms with Crippen molar-refractivity contribution in [3.8, 4) is 0 Å². The lowest BCUT2D eigenvalue weighted by Crippen LogP contribution is -2.50. The van der Waals surface area contributed by atoms with E-state index in [9.17, 15) is 4.79 Å². The summed E-state index contributed by atoms with van der Waals surface area (Å²) in [5.41, 5.74) is 2.92. The number of allylic oxidation sites excluding steroid dienone is 2. The van der Waals surface area contributed by atoms with Crippen LogP contribution < -0.4 is 0 Å². The molecule has 0 heterocycles. The van der Waals surface area contributed by atoms with Crippen LogP contribution in [0.15, 0.2) is 11.6 Å². The molecule has 30 heavy (non-hydrogen) atoms. The molecule has 0 aliphatic heterocycles. The van der Waals surface area contributed by atoms with Crippen molar-refractivity contribution in [2.45, 2.75) is 112 Å². The van der Waals surface area contributed by atoms with Gasteiger partial charge in [0.15, 0.2) is 0 Å². The number of hydrogen-bond acceptors (Lipinski definition) is 1. The van der Waals surface area contributed by atoms with Crippen LogP contribution in [-0.4, -0.2) is 5.78 Å². The first-order chi connectivity index (χ1) is 14.2. The highest BCUT2D eigenvalue weighted by atomic mass is 16.1. The van der Waals surface area contributed by atoms with Crippen molar-refractivity contribution in [1.29, 1.82) is 0 Å². The van der Waals surface area contributed by atoms with Crippen LogP contribution in [0.1, 0.15) is 112 Å². The second-order valence-corrected chi connectivity index (χ2v) is 12.7. The maximum atomic E-state index is 12.1. The third-order valence-electron chi connectivity index (χ3n) is 11.0. The average Bonchev–Trinajstić information content (AvgIpc) is 3.04. The van der Waals surface area contributed by atoms with Gasteiger partial charge in [0.1, 0.15) is 5.78 Å². The summed E-state index contributed by atoms with van der Waals surface area (Å²) in [6.07, 6.45) is 17.9. The van der Waals surface area contributed by atoms with Crippen molar-refractivity contribution >= 4 is 5.78 Å². The number of carbonyl (C=O) groups is 1. The molecule has 8 atom stereocenters. The van der Waals surface area contributed by atoms with Crippen molar-refractivity contribution in [3.05, 3.63) is 11.6 Å². The van der Waals surface area contributed by atoms with Crippen LogP contribution in [0.5, 0.6) is 0 Å². The molecule has 0 saturated heterocycles. The Labute approximate surface area is 186 Å². The molecule has 0 bridgehead atoms. The van der Waals surface area contributed by atoms with E-state index in [0.29, 0.717) is 22.5 Å². The lowest BCUT2D eigenvalue weighted by Gasteiger charge is -2.58. The van der Waals surface area contributed by atoms with Crippen LogP contribution in [0.4, 0.5) is 0 Å². The number of ketones is 1. The Morgan fingerprint density at radius 3 is 2.50 bits per heavy atom. The van der Waals surface area contributed by atoms with E-state index < -0.39 is 0 Å². The SMILES string of the molecule is CC(=O)[C@H](CC[C@@H](C)[C@H]1CC[C@H]2[C@@H]3CCC4=CCCC[C@]4(C)[C@H]3CC[C@]12C)C(C)C. The van der Waals surface area contributed by atoms with Crippen LogP contribution in [0, 0.1) is 52.3 Å². The first kappa shape index (κ1) is 22.6. The Bertz CT molecular complexity index is 674. The van der Waals surface area contributed by atoms with Crippen molar-refractivity contribution in [2.75, 3.05) is 0 Å². The Morgan fingerprint density at radius 1 is 1.03 bits per heavy atom. The number of carbonyl (C=O) groups excluding carboxylic acids is 1. The molecule has 0 amide bonds. The molecule has 4 aliphatic rings. The van der Waals surface area contributed by atoms with Gasteiger partial charge in [-0.2, -0.15) is 0 Å². The zero-order valence-electron chi connectivity index (χ0n) is 20.8. The lowest BCUT2D eigenvalue weighted by atomic mass is 9.46. The van der Waals surface area contributed by atoms with Crippen LogP contribution >= 0.6 is 0 Å². The fraction of sp³-hybridized carbons (Fsp3) is 0.897. The predicted octanol–water partition coefficient (Wildman–Crippen LogP) is 8.23. The van der Waals surface area contributed by atoms with Gasteiger partial charge in [-0.15, -0.1) is 0 Å². The molecule has 0 unspecified atom stereocenters. The first-order valence-electron chi connectivity index (χ1n) is 13.4. The van der Waals surface area contributed by atoms with E-state index in [1.54, 1.807) is 6.92 Å². The van der Waals surface area contributed by atoms with Crippen molar-refractivity contribution in [1.82, 2.24) is 0 Å². The van der Waals surface area contributed by atoms with Crippen LogP contribution in [0.2, 0.25) is 0 Å². The zero-order chi connectivity index (χ0) is 21.7. The second-order valence-electron chi connectivity index (χ2n) is 12.7. The highest BCUT2D eigenvalue weighted by Crippen LogP contribution is 2.67. The van der Waals surface area contributed by atoms with Crippen LogP contribution in [-0.2, 0) is 4.79 Å². The molecular weight excluding hydrogens is 364 g/mol. The van der Waals surface area contributed by atoms with Gasteiger partial charge in [-0.05, 0) is 124 Å². The predicted molar refractivity (Wildman–Crippen MR) is 127 cm³/mol. The highest BCUT2D eigenvalue weighted by molar-refractivity contribution is 5.78. The molecule has 4 rings (SSSR count). The maximum absolute atomic E-state index is 12.1. The minimum Gasteiger partial charge on any atom is -0.300 e. The molecule has 1 heteroatoms. The fourth-order valence-electron chi connectivity index (χ4n) is 9.38. The topological polar surface area (TPSA) is 17.1 Å². The Kier molecular flexibility index (Phi) is 6.33. The summed E-state index contributed by atoms with van der Waals surface area (Å²) < 4.78 is 0. The van der Waals surface area contributed by atoms with Gasteiger partial charge < -0.3 is 0 Å². The largest absolute Gasteiger partial charge is 0.300 e. The van der Waals surface area contributed by atoms with Gasteiger partial charge in [0, 0.05) is 5.92 Å². The second kappa shape index (κ2) is 8.40. The Balaban J connectivity index is 1.47. The van der Waals surface area contributed by atoms with Gasteiger partial charge >= 0.3 is 0 Å². The lowest BCUT2D eigenvalue weighted by molar-refractivity contribution is -0.122. The van der Waals surface area contributed by atoms with Crippen molar-refractivity contribution < 1.29 is 4.79 Å². The van der Waals surface area contributed by atoms with Gasteiger partial charge in [-0.3, -0.25) is 4.79 Å². The molecule has 170 valence electrons. The molecule has 0 aromatic rings. The standard InChI is InChI=1S/C29H48O/c1-19(2)23(21(4)30)12-10-20(3)25-14-15-26-24-13-11-22-9-7-8-17-28(22,5)27(24)16-18-29(25,26)6/h9,19-20,23-27H,7-8,10-18H2,1-6H3/t20-,23-,24+,25-,26+,27+,28+,29-/m1/s1. The van der Waals surface area contributed by atoms with E-state index in [1.807, 2.05) is 5.57 Å². The smallest absolute Gasteiger partial charge is 0.133 e. The van der Waals surface area contributed by atoms with E-state index in [1.165, 1.54) is 64.2 Å². The van der Waals surface area contributed by atoms with E-state index in [-0.39, 0.29) is 5.92 Å². The van der Waals surface area contributed by atoms with Crippen LogP contribution in [0.25, 0.3) is 0 Å². The van der Waals surface area contributed by atoms with Crippen molar-refractivity contribution in [2.24, 2.45) is 52.3 Å². The van der Waals surface area contributed by atoms with E-state index in [4.69, 9.17) is 0 Å². The van der Waals surface area contributed by atoms with E-state index >= 15 is 0 Å². The summed E-state index contributed by atoms with van der Waals surface area (Å²) in [6.45, 7) is 14.1. The molecule has 4 aliphatic carbocycles. The average molecular weight is 413 g/mol. The summed E-state index contributed by atoms with van der Waals surface area (Å²) in [6, 6.07) is 0. The quantitative estimate of drug-likeness (QED) is 0.401. The van der Waals surface area contributed by atoms with Crippen molar-refractivity contribution in [3.63, 3.8) is 0 Å².